The second-order valence-corrected chi connectivity index (χ2v) is 7.88. The Balaban J connectivity index is 1.46. The van der Waals surface area contributed by atoms with Crippen LogP contribution in [0.1, 0.15) is 24.2 Å². The van der Waals surface area contributed by atoms with Gasteiger partial charge in [0.25, 0.3) is 5.56 Å². The number of nitrogens with one attached hydrogen (secondary N) is 1. The first-order valence-corrected chi connectivity index (χ1v) is 10.1. The van der Waals surface area contributed by atoms with Crippen molar-refractivity contribution >= 4 is 11.0 Å². The molecule has 2 aromatic heterocycles. The second-order valence-electron chi connectivity index (χ2n) is 7.88. The fourth-order valence-electron chi connectivity index (χ4n) is 3.71. The Labute approximate surface area is 173 Å². The Kier molecular flexibility index (Phi) is 4.88. The van der Waals surface area contributed by atoms with Gasteiger partial charge in [0.15, 0.2) is 5.65 Å². The van der Waals surface area contributed by atoms with Crippen molar-refractivity contribution in [2.45, 2.75) is 25.9 Å². The van der Waals surface area contributed by atoms with Gasteiger partial charge in [-0.1, -0.05) is 30.3 Å². The third-order valence-electron chi connectivity index (χ3n) is 5.39. The molecule has 1 aliphatic rings. The first kappa shape index (κ1) is 18.7. The SMILES string of the molecule is O=c1[nH]c(CN(Cc2ccc(F)cc2)CC2CC2)nc2c1cnn2-c1ccccc1. The maximum atomic E-state index is 13.3. The van der Waals surface area contributed by atoms with Crippen LogP contribution < -0.4 is 5.56 Å². The lowest BCUT2D eigenvalue weighted by Gasteiger charge is -2.22. The molecule has 7 heteroatoms. The summed E-state index contributed by atoms with van der Waals surface area (Å²) in [5.41, 5.74) is 2.26. The molecule has 1 aliphatic carbocycles. The van der Waals surface area contributed by atoms with Crippen molar-refractivity contribution in [3.63, 3.8) is 0 Å². The molecule has 0 saturated heterocycles. The molecule has 0 spiro atoms. The molecule has 4 aromatic rings. The van der Waals surface area contributed by atoms with Crippen LogP contribution in [0, 0.1) is 11.7 Å². The Bertz CT molecular complexity index is 1210. The fraction of sp³-hybridized carbons (Fsp3) is 0.261. The van der Waals surface area contributed by atoms with Crippen LogP contribution in [0.4, 0.5) is 4.39 Å². The van der Waals surface area contributed by atoms with E-state index in [9.17, 15) is 9.18 Å². The number of hydrogen-bond acceptors (Lipinski definition) is 4. The number of fused-ring (bicyclic) bond motifs is 1. The van der Waals surface area contributed by atoms with Crippen LogP contribution in [-0.2, 0) is 13.1 Å². The average Bonchev–Trinajstić information content (AvgIpc) is 3.46. The minimum absolute atomic E-state index is 0.190. The molecular formula is C23H22FN5O. The van der Waals surface area contributed by atoms with Crippen LogP contribution in [0.5, 0.6) is 0 Å². The lowest BCUT2D eigenvalue weighted by Crippen LogP contribution is -2.27. The zero-order valence-corrected chi connectivity index (χ0v) is 16.5. The molecule has 30 heavy (non-hydrogen) atoms. The highest BCUT2D eigenvalue weighted by Crippen LogP contribution is 2.30. The fourth-order valence-corrected chi connectivity index (χ4v) is 3.71. The summed E-state index contributed by atoms with van der Waals surface area (Å²) in [5.74, 6) is 1.04. The Morgan fingerprint density at radius 3 is 2.57 bits per heavy atom. The zero-order valence-electron chi connectivity index (χ0n) is 16.5. The summed E-state index contributed by atoms with van der Waals surface area (Å²) < 4.78 is 15.0. The molecule has 0 bridgehead atoms. The maximum Gasteiger partial charge on any atom is 0.262 e. The molecule has 0 amide bonds. The van der Waals surface area contributed by atoms with Crippen molar-refractivity contribution in [2.75, 3.05) is 6.54 Å². The van der Waals surface area contributed by atoms with Crippen molar-refractivity contribution in [1.82, 2.24) is 24.6 Å². The number of nitrogens with zero attached hydrogens (tertiary/aromatic N) is 4. The number of aromatic nitrogens is 4. The summed E-state index contributed by atoms with van der Waals surface area (Å²) in [6.07, 6.45) is 4.01. The molecule has 0 atom stereocenters. The van der Waals surface area contributed by atoms with Crippen LogP contribution in [-0.4, -0.2) is 31.2 Å². The van der Waals surface area contributed by atoms with E-state index in [0.29, 0.717) is 35.9 Å². The molecule has 0 aliphatic heterocycles. The molecular weight excluding hydrogens is 381 g/mol. The zero-order chi connectivity index (χ0) is 20.5. The molecule has 5 rings (SSSR count). The number of para-hydroxylation sites is 1. The van der Waals surface area contributed by atoms with E-state index < -0.39 is 0 Å². The topological polar surface area (TPSA) is 66.8 Å². The van der Waals surface area contributed by atoms with E-state index in [2.05, 4.69) is 15.0 Å². The van der Waals surface area contributed by atoms with Crippen LogP contribution in [0.3, 0.4) is 0 Å². The molecule has 1 fully saturated rings. The van der Waals surface area contributed by atoms with E-state index in [0.717, 1.165) is 17.8 Å². The molecule has 2 heterocycles. The van der Waals surface area contributed by atoms with Crippen molar-refractivity contribution in [3.8, 4) is 5.69 Å². The third-order valence-corrected chi connectivity index (χ3v) is 5.39. The molecule has 1 N–H and O–H groups in total. The largest absolute Gasteiger partial charge is 0.309 e. The summed E-state index contributed by atoms with van der Waals surface area (Å²) in [6, 6.07) is 16.2. The second kappa shape index (κ2) is 7.84. The highest BCUT2D eigenvalue weighted by molar-refractivity contribution is 5.75. The van der Waals surface area contributed by atoms with E-state index in [-0.39, 0.29) is 11.4 Å². The third kappa shape index (κ3) is 4.02. The normalized spacial score (nSPS) is 13.9. The Morgan fingerprint density at radius 2 is 1.83 bits per heavy atom. The van der Waals surface area contributed by atoms with E-state index in [1.54, 1.807) is 23.0 Å². The van der Waals surface area contributed by atoms with Gasteiger partial charge in [0.05, 0.1) is 18.4 Å². The highest BCUT2D eigenvalue weighted by Gasteiger charge is 2.25. The molecule has 6 nitrogen and oxygen atoms in total. The number of rotatable bonds is 7. The lowest BCUT2D eigenvalue weighted by atomic mass is 10.2. The van der Waals surface area contributed by atoms with Crippen LogP contribution in [0.25, 0.3) is 16.7 Å². The average molecular weight is 403 g/mol. The van der Waals surface area contributed by atoms with E-state index in [4.69, 9.17) is 4.98 Å². The quantitative estimate of drug-likeness (QED) is 0.511. The summed E-state index contributed by atoms with van der Waals surface area (Å²) >= 11 is 0. The van der Waals surface area contributed by atoms with Gasteiger partial charge in [-0.25, -0.2) is 14.1 Å². The monoisotopic (exact) mass is 403 g/mol. The number of halogens is 1. The smallest absolute Gasteiger partial charge is 0.262 e. The van der Waals surface area contributed by atoms with Gasteiger partial charge in [0.2, 0.25) is 0 Å². The number of aromatic amines is 1. The van der Waals surface area contributed by atoms with Gasteiger partial charge < -0.3 is 4.98 Å². The molecule has 0 unspecified atom stereocenters. The Hall–Kier alpha value is -3.32. The van der Waals surface area contributed by atoms with E-state index in [1.807, 2.05) is 30.3 Å². The summed E-state index contributed by atoms with van der Waals surface area (Å²) in [6.45, 7) is 2.12. The molecule has 1 saturated carbocycles. The minimum Gasteiger partial charge on any atom is -0.309 e. The first-order chi connectivity index (χ1) is 14.7. The maximum absolute atomic E-state index is 13.3. The lowest BCUT2D eigenvalue weighted by molar-refractivity contribution is 0.240. The molecule has 152 valence electrons. The van der Waals surface area contributed by atoms with Crippen molar-refractivity contribution in [1.29, 1.82) is 0 Å². The Morgan fingerprint density at radius 1 is 1.07 bits per heavy atom. The number of H-pyrrole nitrogens is 1. The predicted octanol–water partition coefficient (Wildman–Crippen LogP) is 3.66. The van der Waals surface area contributed by atoms with E-state index >= 15 is 0 Å². The molecule has 2 aromatic carbocycles. The van der Waals surface area contributed by atoms with Crippen LogP contribution >= 0.6 is 0 Å². The predicted molar refractivity (Wildman–Crippen MR) is 113 cm³/mol. The minimum atomic E-state index is -0.238. The van der Waals surface area contributed by atoms with Gasteiger partial charge in [-0.3, -0.25) is 9.69 Å². The highest BCUT2D eigenvalue weighted by atomic mass is 19.1. The van der Waals surface area contributed by atoms with Crippen LogP contribution in [0.15, 0.2) is 65.6 Å². The van der Waals surface area contributed by atoms with Gasteiger partial charge in [-0.05, 0) is 48.6 Å². The summed E-state index contributed by atoms with van der Waals surface area (Å²) in [4.78, 5) is 22.6. The van der Waals surface area contributed by atoms with E-state index in [1.165, 1.54) is 25.0 Å². The van der Waals surface area contributed by atoms with Crippen molar-refractivity contribution < 1.29 is 4.39 Å². The molecule has 0 radical (unpaired) electrons. The number of hydrogen-bond donors (Lipinski definition) is 1. The van der Waals surface area contributed by atoms with Gasteiger partial charge in [0.1, 0.15) is 17.0 Å². The standard InChI is InChI=1S/C23H22FN5O/c24-18-10-8-17(9-11-18)14-28(13-16-6-7-16)15-21-26-22-20(23(30)27-21)12-25-29(22)19-4-2-1-3-5-19/h1-5,8-12,16H,6-7,13-15H2,(H,26,27,30). The summed E-state index contributed by atoms with van der Waals surface area (Å²) in [7, 11) is 0. The summed E-state index contributed by atoms with van der Waals surface area (Å²) in [5, 5.41) is 4.83. The van der Waals surface area contributed by atoms with Gasteiger partial charge in [-0.15, -0.1) is 0 Å². The van der Waals surface area contributed by atoms with Gasteiger partial charge in [0, 0.05) is 13.1 Å². The van der Waals surface area contributed by atoms with Crippen LogP contribution in [0.2, 0.25) is 0 Å². The van der Waals surface area contributed by atoms with Gasteiger partial charge >= 0.3 is 0 Å². The van der Waals surface area contributed by atoms with Crippen molar-refractivity contribution in [2.24, 2.45) is 5.92 Å². The van der Waals surface area contributed by atoms with Gasteiger partial charge in [-0.2, -0.15) is 5.10 Å². The first-order valence-electron chi connectivity index (χ1n) is 10.1. The van der Waals surface area contributed by atoms with Crippen molar-refractivity contribution in [3.05, 3.63) is 88.4 Å². The number of benzene rings is 2.